The van der Waals surface area contributed by atoms with Crippen LogP contribution in [0.15, 0.2) is 52.8 Å². The quantitative estimate of drug-likeness (QED) is 0.372. The normalized spacial score (nSPS) is 23.1. The summed E-state index contributed by atoms with van der Waals surface area (Å²) in [6.07, 6.45) is 1.49. The molecule has 1 aromatic heterocycles. The van der Waals surface area contributed by atoms with Crippen LogP contribution in [0.3, 0.4) is 0 Å². The van der Waals surface area contributed by atoms with Gasteiger partial charge in [-0.1, -0.05) is 23.4 Å². The highest BCUT2D eigenvalue weighted by Crippen LogP contribution is 2.41. The number of carbonyl (C=O) groups excluding carboxylic acids is 2. The Morgan fingerprint density at radius 1 is 1.40 bits per heavy atom. The van der Waals surface area contributed by atoms with Crippen LogP contribution in [0.25, 0.3) is 0 Å². The lowest BCUT2D eigenvalue weighted by molar-refractivity contribution is -0.149. The minimum Gasteiger partial charge on any atom is -0.614 e. The molecule has 12 heteroatoms. The van der Waals surface area contributed by atoms with E-state index in [9.17, 15) is 24.0 Å². The van der Waals surface area contributed by atoms with Gasteiger partial charge in [-0.25, -0.2) is 4.79 Å². The highest BCUT2D eigenvalue weighted by molar-refractivity contribution is 7.99. The molecule has 0 spiro atoms. The number of carboxylic acids is 1. The summed E-state index contributed by atoms with van der Waals surface area (Å²) in [6, 6.07) is 7.58. The van der Waals surface area contributed by atoms with E-state index in [-0.39, 0.29) is 23.1 Å². The number of carboxylic acid groups (broad SMARTS) is 1. The monoisotopic (exact) mass is 447 g/mol. The Kier molecular flexibility index (Phi) is 5.54. The summed E-state index contributed by atoms with van der Waals surface area (Å²) in [7, 11) is 0. The van der Waals surface area contributed by atoms with Gasteiger partial charge in [0, 0.05) is 23.9 Å². The molecule has 2 aliphatic heterocycles. The van der Waals surface area contributed by atoms with Crippen molar-refractivity contribution >= 4 is 46.4 Å². The summed E-state index contributed by atoms with van der Waals surface area (Å²) in [6.45, 7) is 1.32. The van der Waals surface area contributed by atoms with Crippen LogP contribution in [-0.4, -0.2) is 70.7 Å². The van der Waals surface area contributed by atoms with Crippen molar-refractivity contribution in [2.75, 3.05) is 16.4 Å². The Bertz CT molecular complexity index is 1010. The lowest BCUT2D eigenvalue weighted by Gasteiger charge is -2.52. The zero-order chi connectivity index (χ0) is 21.4. The molecule has 0 radical (unpaired) electrons. The summed E-state index contributed by atoms with van der Waals surface area (Å²) >= 11 is -0.315. The number of aromatic nitrogens is 3. The van der Waals surface area contributed by atoms with Crippen LogP contribution in [0.4, 0.5) is 5.69 Å². The molecule has 1 aromatic carbocycles. The van der Waals surface area contributed by atoms with E-state index < -0.39 is 34.5 Å². The molecule has 10 nitrogen and oxygen atoms in total. The molecule has 0 saturated carbocycles. The van der Waals surface area contributed by atoms with Crippen LogP contribution in [0.2, 0.25) is 0 Å². The number of thioether (sulfide) groups is 1. The molecule has 3 atom stereocenters. The molecule has 2 N–H and O–H groups in total. The van der Waals surface area contributed by atoms with Crippen LogP contribution in [-0.2, 0) is 25.6 Å². The molecular formula is C18H17N5O5S2. The SMILES string of the molecule is CC(=O)N(c1ccccc1)C1C(=O)N2C(C(=O)O)=C(CSc3cnn[nH]3)C[S+]([O-])[C@@H]12. The van der Waals surface area contributed by atoms with Crippen molar-refractivity contribution in [2.24, 2.45) is 0 Å². The van der Waals surface area contributed by atoms with Gasteiger partial charge in [-0.3, -0.25) is 24.5 Å². The van der Waals surface area contributed by atoms with E-state index in [1.807, 2.05) is 0 Å². The van der Waals surface area contributed by atoms with Crippen molar-refractivity contribution in [1.82, 2.24) is 20.3 Å². The van der Waals surface area contributed by atoms with E-state index in [1.54, 1.807) is 30.3 Å². The molecule has 2 aromatic rings. The Balaban J connectivity index is 1.65. The number of anilines is 1. The molecule has 0 aliphatic carbocycles. The first-order chi connectivity index (χ1) is 14.4. The summed E-state index contributed by atoms with van der Waals surface area (Å²) in [5.41, 5.74) is 0.712. The highest BCUT2D eigenvalue weighted by atomic mass is 32.2. The van der Waals surface area contributed by atoms with Gasteiger partial charge in [-0.2, -0.15) is 0 Å². The fourth-order valence-electron chi connectivity index (χ4n) is 3.60. The molecular weight excluding hydrogens is 430 g/mol. The number of amides is 2. The lowest BCUT2D eigenvalue weighted by Crippen LogP contribution is -2.75. The van der Waals surface area contributed by atoms with Gasteiger partial charge in [0.2, 0.25) is 11.3 Å². The average molecular weight is 447 g/mol. The first kappa shape index (κ1) is 20.4. The first-order valence-corrected chi connectivity index (χ1v) is 11.3. The van der Waals surface area contributed by atoms with Crippen molar-refractivity contribution in [1.29, 1.82) is 0 Å². The number of fused-ring (bicyclic) bond motifs is 1. The van der Waals surface area contributed by atoms with Gasteiger partial charge in [0.1, 0.15) is 16.5 Å². The number of aromatic amines is 1. The predicted octanol–water partition coefficient (Wildman–Crippen LogP) is 0.588. The van der Waals surface area contributed by atoms with E-state index in [0.29, 0.717) is 16.3 Å². The lowest BCUT2D eigenvalue weighted by atomic mass is 10.0. The predicted molar refractivity (Wildman–Crippen MR) is 109 cm³/mol. The van der Waals surface area contributed by atoms with Crippen LogP contribution in [0.5, 0.6) is 0 Å². The van der Waals surface area contributed by atoms with Crippen LogP contribution < -0.4 is 4.90 Å². The molecule has 156 valence electrons. The van der Waals surface area contributed by atoms with E-state index in [2.05, 4.69) is 15.4 Å². The van der Waals surface area contributed by atoms with Gasteiger partial charge in [-0.15, -0.1) is 16.9 Å². The molecule has 0 bridgehead atoms. The van der Waals surface area contributed by atoms with Gasteiger partial charge in [-0.05, 0) is 23.3 Å². The Morgan fingerprint density at radius 2 is 2.13 bits per heavy atom. The maximum absolute atomic E-state index is 13.0. The van der Waals surface area contributed by atoms with Gasteiger partial charge in [0.25, 0.3) is 5.91 Å². The third-order valence-electron chi connectivity index (χ3n) is 4.83. The summed E-state index contributed by atoms with van der Waals surface area (Å²) in [5.74, 6) is -1.99. The maximum atomic E-state index is 13.0. The smallest absolute Gasteiger partial charge is 0.352 e. The second-order valence-electron chi connectivity index (χ2n) is 6.66. The fourth-order valence-corrected chi connectivity index (χ4v) is 6.24. The third-order valence-corrected chi connectivity index (χ3v) is 7.47. The second kappa shape index (κ2) is 8.13. The summed E-state index contributed by atoms with van der Waals surface area (Å²) in [5, 5.41) is 19.4. The highest BCUT2D eigenvalue weighted by Gasteiger charge is 2.63. The number of carbonyl (C=O) groups is 3. The standard InChI is InChI=1S/C18H17N5O5S2/c1-10(24)22(12-5-3-2-4-6-12)15-16(25)23-14(18(26)27)11(9-30(28)17(15)23)8-29-13-7-19-21-20-13/h2-7,15,17H,8-9H2,1H3,(H,26,27)(H,19,20,21)/t15?,17-,30?/m0/s1. The maximum Gasteiger partial charge on any atom is 0.352 e. The molecule has 2 amide bonds. The number of nitrogens with one attached hydrogen (secondary N) is 1. The van der Waals surface area contributed by atoms with E-state index >= 15 is 0 Å². The molecule has 1 fully saturated rings. The molecule has 30 heavy (non-hydrogen) atoms. The number of aliphatic carboxylic acids is 1. The van der Waals surface area contributed by atoms with Gasteiger partial charge in [0.15, 0.2) is 6.04 Å². The molecule has 4 rings (SSSR count). The second-order valence-corrected chi connectivity index (χ2v) is 9.21. The van der Waals surface area contributed by atoms with E-state index in [0.717, 1.165) is 4.90 Å². The summed E-state index contributed by atoms with van der Waals surface area (Å²) in [4.78, 5) is 39.7. The summed E-state index contributed by atoms with van der Waals surface area (Å²) < 4.78 is 13.0. The number of hydrogen-bond donors (Lipinski definition) is 2. The van der Waals surface area contributed by atoms with Crippen molar-refractivity contribution in [3.63, 3.8) is 0 Å². The van der Waals surface area contributed by atoms with Crippen molar-refractivity contribution in [3.8, 4) is 0 Å². The number of para-hydroxylation sites is 1. The molecule has 3 heterocycles. The average Bonchev–Trinajstić information content (AvgIpc) is 3.23. The topological polar surface area (TPSA) is 143 Å². The number of rotatable bonds is 6. The Hall–Kier alpha value is -2.83. The number of nitrogens with zero attached hydrogens (tertiary/aromatic N) is 4. The van der Waals surface area contributed by atoms with Crippen LogP contribution >= 0.6 is 11.8 Å². The van der Waals surface area contributed by atoms with Crippen LogP contribution in [0, 0.1) is 0 Å². The first-order valence-electron chi connectivity index (χ1n) is 8.89. The molecule has 1 saturated heterocycles. The van der Waals surface area contributed by atoms with Crippen molar-refractivity contribution in [3.05, 3.63) is 47.8 Å². The minimum atomic E-state index is -1.57. The number of β-lactam (4-membered cyclic amide) rings is 1. The Morgan fingerprint density at radius 3 is 2.73 bits per heavy atom. The number of benzene rings is 1. The molecule has 2 aliphatic rings. The third kappa shape index (κ3) is 3.46. The number of hydrogen-bond acceptors (Lipinski definition) is 7. The largest absolute Gasteiger partial charge is 0.614 e. The van der Waals surface area contributed by atoms with Crippen molar-refractivity contribution in [2.45, 2.75) is 23.4 Å². The zero-order valence-electron chi connectivity index (χ0n) is 15.7. The zero-order valence-corrected chi connectivity index (χ0v) is 17.4. The van der Waals surface area contributed by atoms with Gasteiger partial charge < -0.3 is 9.66 Å². The van der Waals surface area contributed by atoms with Gasteiger partial charge in [0.05, 0.1) is 6.20 Å². The fraction of sp³-hybridized carbons (Fsp3) is 0.278. The number of H-pyrrole nitrogens is 1. The van der Waals surface area contributed by atoms with Gasteiger partial charge >= 0.3 is 5.97 Å². The molecule has 2 unspecified atom stereocenters. The van der Waals surface area contributed by atoms with E-state index in [4.69, 9.17) is 0 Å². The minimum absolute atomic E-state index is 0.00167. The van der Waals surface area contributed by atoms with Crippen molar-refractivity contribution < 1.29 is 24.0 Å². The Labute approximate surface area is 178 Å². The van der Waals surface area contributed by atoms with Crippen LogP contribution in [0.1, 0.15) is 6.92 Å². The van der Waals surface area contributed by atoms with E-state index in [1.165, 1.54) is 29.8 Å².